The Labute approximate surface area is 535 Å². The molecule has 0 heteroatoms. The molecule has 0 aromatic heterocycles. The Kier molecular flexibility index (Phi) is 13.7. The average molecular weight is 1170 g/mol. The van der Waals surface area contributed by atoms with Crippen LogP contribution in [0.3, 0.4) is 0 Å². The van der Waals surface area contributed by atoms with Crippen LogP contribution < -0.4 is 0 Å². The fourth-order valence-corrected chi connectivity index (χ4v) is 14.8. The lowest BCUT2D eigenvalue weighted by atomic mass is 9.81. The summed E-state index contributed by atoms with van der Waals surface area (Å²) in [4.78, 5) is 0. The van der Waals surface area contributed by atoms with Gasteiger partial charge in [0.15, 0.2) is 0 Å². The van der Waals surface area contributed by atoms with Gasteiger partial charge < -0.3 is 0 Å². The van der Waals surface area contributed by atoms with Gasteiger partial charge in [-0.15, -0.1) is 0 Å². The first-order valence-electron chi connectivity index (χ1n) is 31.9. The van der Waals surface area contributed by atoms with Gasteiger partial charge in [0.1, 0.15) is 0 Å². The zero-order valence-electron chi connectivity index (χ0n) is 50.6. The Balaban J connectivity index is 0.000000141. The number of hydrogen-bond donors (Lipinski definition) is 0. The highest BCUT2D eigenvalue weighted by molar-refractivity contribution is 6.26. The molecule has 0 bridgehead atoms. The third-order valence-corrected chi connectivity index (χ3v) is 18.9. The fourth-order valence-electron chi connectivity index (χ4n) is 14.8. The van der Waals surface area contributed by atoms with E-state index in [4.69, 9.17) is 0 Å². The monoisotopic (exact) mass is 1160 g/mol. The third kappa shape index (κ3) is 9.39. The molecule has 0 aliphatic rings. The van der Waals surface area contributed by atoms with Crippen LogP contribution in [0.25, 0.3) is 175 Å². The van der Waals surface area contributed by atoms with Crippen LogP contribution in [0.5, 0.6) is 0 Å². The zero-order chi connectivity index (χ0) is 60.9. The van der Waals surface area contributed by atoms with Gasteiger partial charge in [-0.1, -0.05) is 352 Å². The molecule has 0 saturated heterocycles. The van der Waals surface area contributed by atoms with Gasteiger partial charge in [0.2, 0.25) is 0 Å². The van der Waals surface area contributed by atoms with Crippen LogP contribution in [0.2, 0.25) is 0 Å². The predicted octanol–water partition coefficient (Wildman–Crippen LogP) is 25.9. The highest BCUT2D eigenvalue weighted by Gasteiger charge is 2.24. The normalized spacial score (nSPS) is 11.5. The molecule has 0 unspecified atom stereocenters. The molecule has 18 aromatic rings. The van der Waals surface area contributed by atoms with Crippen molar-refractivity contribution < 1.29 is 0 Å². The molecule has 18 aromatic carbocycles. The van der Waals surface area contributed by atoms with Crippen LogP contribution in [0.15, 0.2) is 364 Å². The lowest BCUT2D eigenvalue weighted by Gasteiger charge is -2.21. The number of hydrogen-bond acceptors (Lipinski definition) is 0. The minimum atomic E-state index is 1.23. The molecule has 0 atom stereocenters. The van der Waals surface area contributed by atoms with Crippen molar-refractivity contribution in [3.8, 4) is 89.0 Å². The Bertz CT molecular complexity index is 5420. The van der Waals surface area contributed by atoms with E-state index < -0.39 is 0 Å². The van der Waals surface area contributed by atoms with Gasteiger partial charge in [0.25, 0.3) is 0 Å². The smallest absolute Gasteiger partial charge is 0.00201 e. The second-order valence-corrected chi connectivity index (χ2v) is 24.0. The molecule has 428 valence electrons. The van der Waals surface area contributed by atoms with E-state index in [1.807, 2.05) is 0 Å². The van der Waals surface area contributed by atoms with E-state index >= 15 is 0 Å². The summed E-state index contributed by atoms with van der Waals surface area (Å²) < 4.78 is 0. The quantitative estimate of drug-likeness (QED) is 0.133. The molecule has 0 N–H and O–H groups in total. The first-order valence-corrected chi connectivity index (χ1v) is 31.9. The molecule has 92 heavy (non-hydrogen) atoms. The van der Waals surface area contributed by atoms with Crippen LogP contribution in [0, 0.1) is 0 Å². The van der Waals surface area contributed by atoms with Gasteiger partial charge in [0, 0.05) is 0 Å². The first-order chi connectivity index (χ1) is 45.7. The summed E-state index contributed by atoms with van der Waals surface area (Å²) in [5.74, 6) is 0. The van der Waals surface area contributed by atoms with Crippen molar-refractivity contribution in [3.05, 3.63) is 364 Å². The van der Waals surface area contributed by atoms with E-state index in [9.17, 15) is 0 Å². The molecule has 0 fully saturated rings. The van der Waals surface area contributed by atoms with Crippen LogP contribution in [-0.4, -0.2) is 0 Å². The summed E-state index contributed by atoms with van der Waals surface area (Å²) in [5.41, 5.74) is 20.1. The van der Waals surface area contributed by atoms with Crippen molar-refractivity contribution in [1.29, 1.82) is 0 Å². The molecule has 0 spiro atoms. The van der Waals surface area contributed by atoms with E-state index in [2.05, 4.69) is 364 Å². The summed E-state index contributed by atoms with van der Waals surface area (Å²) in [6.45, 7) is 0. The second kappa shape index (κ2) is 23.2. The molecule has 18 rings (SSSR count). The van der Waals surface area contributed by atoms with Crippen molar-refractivity contribution in [2.75, 3.05) is 0 Å². The minimum absolute atomic E-state index is 1.23. The van der Waals surface area contributed by atoms with Crippen molar-refractivity contribution >= 4 is 86.2 Å². The molecule has 0 amide bonds. The Morgan fingerprint density at radius 1 is 0.109 bits per heavy atom. The van der Waals surface area contributed by atoms with E-state index in [0.29, 0.717) is 0 Å². The molecular formula is C92H60. The second-order valence-electron chi connectivity index (χ2n) is 24.0. The average Bonchev–Trinajstić information content (AvgIpc) is 0.768. The van der Waals surface area contributed by atoms with Crippen LogP contribution in [0.1, 0.15) is 0 Å². The molecule has 0 radical (unpaired) electrons. The van der Waals surface area contributed by atoms with E-state index in [1.165, 1.54) is 175 Å². The lowest BCUT2D eigenvalue weighted by molar-refractivity contribution is 1.61. The summed E-state index contributed by atoms with van der Waals surface area (Å²) >= 11 is 0. The Morgan fingerprint density at radius 2 is 0.315 bits per heavy atom. The van der Waals surface area contributed by atoms with E-state index in [1.54, 1.807) is 0 Å². The van der Waals surface area contributed by atoms with E-state index in [-0.39, 0.29) is 0 Å². The molecule has 0 aliphatic carbocycles. The van der Waals surface area contributed by atoms with E-state index in [0.717, 1.165) is 0 Å². The van der Waals surface area contributed by atoms with Gasteiger partial charge in [-0.3, -0.25) is 0 Å². The standard InChI is InChI=1S/2C46H30/c1-3-19-33-31(15-1)17-13-29-35(33)37-21-5-7-23-39(37)45-41-25-9-11-27-43(41)46(44-28-12-10-26-42(44)45)40-24-8-6-22-38(40)36-30-14-18-32-16-2-4-20-34(32)36;1-3-15-33-29-35(27-25-31(33)13-1)37-17-5-7-19-39(37)45-41-21-9-11-23-43(41)46(44-24-12-10-22-42(44)45)40-20-8-6-18-38(40)36-28-26-32-14-2-4-16-34(32)30-36/h2*1-30H. The van der Waals surface area contributed by atoms with Crippen molar-refractivity contribution in [2.24, 2.45) is 0 Å². The van der Waals surface area contributed by atoms with Gasteiger partial charge in [-0.05, 0) is 187 Å². The summed E-state index contributed by atoms with van der Waals surface area (Å²) in [5, 5.41) is 20.2. The molecule has 0 nitrogen and oxygen atoms in total. The van der Waals surface area contributed by atoms with Crippen LogP contribution >= 0.6 is 0 Å². The maximum Gasteiger partial charge on any atom is -0.00201 e. The van der Waals surface area contributed by atoms with Gasteiger partial charge in [0.05, 0.1) is 0 Å². The third-order valence-electron chi connectivity index (χ3n) is 18.9. The molecule has 0 aliphatic heterocycles. The Morgan fingerprint density at radius 3 is 0.630 bits per heavy atom. The molecular weight excluding hydrogens is 1110 g/mol. The van der Waals surface area contributed by atoms with Crippen molar-refractivity contribution in [3.63, 3.8) is 0 Å². The Hall–Kier alpha value is -12.0. The molecule has 0 saturated carbocycles. The van der Waals surface area contributed by atoms with Gasteiger partial charge in [-0.25, -0.2) is 0 Å². The fraction of sp³-hybridized carbons (Fsp3) is 0. The molecule has 0 heterocycles. The van der Waals surface area contributed by atoms with Crippen LogP contribution in [-0.2, 0) is 0 Å². The van der Waals surface area contributed by atoms with Crippen molar-refractivity contribution in [2.45, 2.75) is 0 Å². The van der Waals surface area contributed by atoms with Crippen molar-refractivity contribution in [1.82, 2.24) is 0 Å². The SMILES string of the molecule is c1ccc(-c2c3ccccc3c(-c3ccccc3-c3ccc4ccccc4c3)c3ccccc23)c(-c2ccc3ccccc3c2)c1.c1ccc(-c2c3ccccc3c(-c3ccccc3-c3cccc4ccccc34)c3ccccc23)c(-c2cccc3ccccc23)c1. The summed E-state index contributed by atoms with van der Waals surface area (Å²) in [6.07, 6.45) is 0. The highest BCUT2D eigenvalue weighted by atomic mass is 14.3. The topological polar surface area (TPSA) is 0 Å². The van der Waals surface area contributed by atoms with Gasteiger partial charge >= 0.3 is 0 Å². The van der Waals surface area contributed by atoms with Crippen LogP contribution in [0.4, 0.5) is 0 Å². The zero-order valence-corrected chi connectivity index (χ0v) is 50.6. The summed E-state index contributed by atoms with van der Waals surface area (Å²) in [6, 6.07) is 133. The highest BCUT2D eigenvalue weighted by Crippen LogP contribution is 2.51. The predicted molar refractivity (Wildman–Crippen MR) is 396 cm³/mol. The number of fused-ring (bicyclic) bond motifs is 8. The maximum absolute atomic E-state index is 2.33. The summed E-state index contributed by atoms with van der Waals surface area (Å²) in [7, 11) is 0. The number of rotatable bonds is 8. The number of benzene rings is 18. The lowest BCUT2D eigenvalue weighted by Crippen LogP contribution is -1.94. The maximum atomic E-state index is 2.33. The van der Waals surface area contributed by atoms with Gasteiger partial charge in [-0.2, -0.15) is 0 Å². The first kappa shape index (κ1) is 54.2. The largest absolute Gasteiger partial charge is 0.0616 e. The minimum Gasteiger partial charge on any atom is -0.0616 e.